The number of carboxylic acid groups (broad SMARTS) is 1. The topological polar surface area (TPSA) is 37.3 Å². The fraction of sp³-hybridized carbons (Fsp3) is 0.562. The van der Waals surface area contributed by atoms with E-state index in [2.05, 4.69) is 6.58 Å². The highest BCUT2D eigenvalue weighted by molar-refractivity contribution is 5.66. The summed E-state index contributed by atoms with van der Waals surface area (Å²) in [6, 6.07) is 0. The van der Waals surface area contributed by atoms with Gasteiger partial charge >= 0.3 is 5.97 Å². The van der Waals surface area contributed by atoms with Crippen LogP contribution in [0.15, 0.2) is 36.5 Å². The van der Waals surface area contributed by atoms with Gasteiger partial charge in [0.05, 0.1) is 0 Å². The smallest absolute Gasteiger partial charge is 0.303 e. The second kappa shape index (κ2) is 21.0. The lowest BCUT2D eigenvalue weighted by Gasteiger charge is -1.98. The van der Waals surface area contributed by atoms with Gasteiger partial charge in [-0.3, -0.25) is 4.79 Å². The van der Waals surface area contributed by atoms with E-state index in [4.69, 9.17) is 5.11 Å². The van der Waals surface area contributed by atoms with Gasteiger partial charge in [0.25, 0.3) is 0 Å². The summed E-state index contributed by atoms with van der Waals surface area (Å²) in [6.07, 6.45) is 10.5. The normalized spacial score (nSPS) is 9.94. The first kappa shape index (κ1) is 21.9. The maximum atomic E-state index is 10.2. The van der Waals surface area contributed by atoms with E-state index in [1.54, 1.807) is 6.08 Å². The molecule has 0 rings (SSSR count). The van der Waals surface area contributed by atoms with Crippen LogP contribution in [0, 0.1) is 0 Å². The van der Waals surface area contributed by atoms with E-state index in [9.17, 15) is 4.79 Å². The molecule has 0 saturated heterocycles. The summed E-state index contributed by atoms with van der Waals surface area (Å²) in [7, 11) is 0. The zero-order chi connectivity index (χ0) is 14.8. The van der Waals surface area contributed by atoms with E-state index in [0.717, 1.165) is 19.3 Å². The molecule has 0 heterocycles. The SMILES string of the molecule is C=C/C=C\C=C(/C)CCCCC(=O)O.CC.CC. The van der Waals surface area contributed by atoms with Crippen LogP contribution < -0.4 is 0 Å². The number of unbranched alkanes of at least 4 members (excludes halogenated alkanes) is 1. The molecule has 0 spiro atoms. The van der Waals surface area contributed by atoms with Crippen LogP contribution in [0.25, 0.3) is 0 Å². The molecule has 0 aromatic carbocycles. The molecular formula is C16H30O2. The van der Waals surface area contributed by atoms with Crippen molar-refractivity contribution >= 4 is 5.97 Å². The summed E-state index contributed by atoms with van der Waals surface area (Å²) in [5, 5.41) is 8.42. The summed E-state index contributed by atoms with van der Waals surface area (Å²) < 4.78 is 0. The summed E-state index contributed by atoms with van der Waals surface area (Å²) in [5.41, 5.74) is 1.27. The standard InChI is InChI=1S/C12H18O2.2C2H6/c1-3-4-5-8-11(2)9-6-7-10-12(13)14;2*1-2/h3-5,8H,1,6-7,9-10H2,2H3,(H,13,14);2*1-2H3/b5-4-,11-8+;;. The molecule has 0 radical (unpaired) electrons. The van der Waals surface area contributed by atoms with Crippen LogP contribution in [0.5, 0.6) is 0 Å². The van der Waals surface area contributed by atoms with Crippen molar-refractivity contribution in [2.45, 2.75) is 60.3 Å². The fourth-order valence-electron chi connectivity index (χ4n) is 1.06. The monoisotopic (exact) mass is 254 g/mol. The lowest BCUT2D eigenvalue weighted by atomic mass is 10.1. The Bertz CT molecular complexity index is 237. The van der Waals surface area contributed by atoms with Crippen molar-refractivity contribution in [2.24, 2.45) is 0 Å². The highest BCUT2D eigenvalue weighted by Gasteiger charge is 1.96. The molecule has 106 valence electrons. The van der Waals surface area contributed by atoms with Gasteiger partial charge in [-0.15, -0.1) is 0 Å². The van der Waals surface area contributed by atoms with Gasteiger partial charge in [-0.2, -0.15) is 0 Å². The molecule has 2 nitrogen and oxygen atoms in total. The molecule has 1 N–H and O–H groups in total. The van der Waals surface area contributed by atoms with E-state index < -0.39 is 5.97 Å². The number of hydrogen-bond donors (Lipinski definition) is 1. The number of aliphatic carboxylic acids is 1. The average molecular weight is 254 g/mol. The number of carbonyl (C=O) groups is 1. The molecule has 0 aliphatic carbocycles. The van der Waals surface area contributed by atoms with Crippen LogP contribution >= 0.6 is 0 Å². The average Bonchev–Trinajstić information content (AvgIpc) is 2.39. The second-order valence-corrected chi connectivity index (χ2v) is 3.23. The van der Waals surface area contributed by atoms with Gasteiger partial charge in [-0.05, 0) is 26.2 Å². The molecule has 18 heavy (non-hydrogen) atoms. The van der Waals surface area contributed by atoms with Crippen LogP contribution in [-0.4, -0.2) is 11.1 Å². The quantitative estimate of drug-likeness (QED) is 0.489. The molecule has 0 aromatic rings. The van der Waals surface area contributed by atoms with Crippen molar-refractivity contribution in [3.63, 3.8) is 0 Å². The van der Waals surface area contributed by atoms with Crippen molar-refractivity contribution in [1.82, 2.24) is 0 Å². The van der Waals surface area contributed by atoms with Crippen molar-refractivity contribution in [1.29, 1.82) is 0 Å². The Morgan fingerprint density at radius 2 is 1.56 bits per heavy atom. The zero-order valence-corrected chi connectivity index (χ0v) is 12.7. The Morgan fingerprint density at radius 1 is 1.06 bits per heavy atom. The minimum Gasteiger partial charge on any atom is -0.481 e. The van der Waals surface area contributed by atoms with Crippen molar-refractivity contribution in [2.75, 3.05) is 0 Å². The van der Waals surface area contributed by atoms with Gasteiger partial charge in [-0.1, -0.05) is 64.2 Å². The van der Waals surface area contributed by atoms with Gasteiger partial charge in [0.1, 0.15) is 0 Å². The van der Waals surface area contributed by atoms with Crippen LogP contribution in [0.4, 0.5) is 0 Å². The van der Waals surface area contributed by atoms with E-state index in [-0.39, 0.29) is 6.42 Å². The second-order valence-electron chi connectivity index (χ2n) is 3.23. The van der Waals surface area contributed by atoms with Crippen LogP contribution in [0.1, 0.15) is 60.3 Å². The molecule has 0 unspecified atom stereocenters. The van der Waals surface area contributed by atoms with Crippen LogP contribution in [-0.2, 0) is 4.79 Å². The molecule has 2 heteroatoms. The minimum absolute atomic E-state index is 0.274. The largest absolute Gasteiger partial charge is 0.481 e. The summed E-state index contributed by atoms with van der Waals surface area (Å²) >= 11 is 0. The third kappa shape index (κ3) is 24.1. The van der Waals surface area contributed by atoms with Crippen LogP contribution in [0.2, 0.25) is 0 Å². The van der Waals surface area contributed by atoms with Gasteiger partial charge in [0.15, 0.2) is 0 Å². The Hall–Kier alpha value is -1.31. The lowest BCUT2D eigenvalue weighted by Crippen LogP contribution is -1.93. The first-order valence-electron chi connectivity index (χ1n) is 6.83. The van der Waals surface area contributed by atoms with Crippen molar-refractivity contribution in [3.8, 4) is 0 Å². The van der Waals surface area contributed by atoms with Gasteiger partial charge in [0, 0.05) is 6.42 Å². The summed E-state index contributed by atoms with van der Waals surface area (Å²) in [6.45, 7) is 13.6. The van der Waals surface area contributed by atoms with E-state index in [0.29, 0.717) is 0 Å². The first-order chi connectivity index (χ1) is 8.66. The maximum Gasteiger partial charge on any atom is 0.303 e. The van der Waals surface area contributed by atoms with E-state index in [1.165, 1.54) is 5.57 Å². The summed E-state index contributed by atoms with van der Waals surface area (Å²) in [4.78, 5) is 10.2. The van der Waals surface area contributed by atoms with Gasteiger partial charge in [-0.25, -0.2) is 0 Å². The predicted molar refractivity (Wildman–Crippen MR) is 81.9 cm³/mol. The summed E-state index contributed by atoms with van der Waals surface area (Å²) in [5.74, 6) is -0.710. The molecule has 0 bridgehead atoms. The third-order valence-electron chi connectivity index (χ3n) is 1.84. The molecule has 0 saturated carbocycles. The van der Waals surface area contributed by atoms with Gasteiger partial charge in [0.2, 0.25) is 0 Å². The molecule has 0 amide bonds. The third-order valence-corrected chi connectivity index (χ3v) is 1.84. The van der Waals surface area contributed by atoms with Crippen molar-refractivity contribution in [3.05, 3.63) is 36.5 Å². The minimum atomic E-state index is -0.710. The number of hydrogen-bond acceptors (Lipinski definition) is 1. The highest BCUT2D eigenvalue weighted by atomic mass is 16.4. The Kier molecular flexibility index (Phi) is 25.6. The lowest BCUT2D eigenvalue weighted by molar-refractivity contribution is -0.137. The molecule has 0 aliphatic heterocycles. The number of rotatable bonds is 7. The van der Waals surface area contributed by atoms with E-state index >= 15 is 0 Å². The van der Waals surface area contributed by atoms with E-state index in [1.807, 2.05) is 52.8 Å². The van der Waals surface area contributed by atoms with Crippen LogP contribution in [0.3, 0.4) is 0 Å². The predicted octanol–water partition coefficient (Wildman–Crippen LogP) is 5.37. The molecular weight excluding hydrogens is 224 g/mol. The first-order valence-corrected chi connectivity index (χ1v) is 6.83. The van der Waals surface area contributed by atoms with Crippen molar-refractivity contribution < 1.29 is 9.90 Å². The maximum absolute atomic E-state index is 10.2. The molecule has 0 aliphatic rings. The highest BCUT2D eigenvalue weighted by Crippen LogP contribution is 2.08. The fourth-order valence-corrected chi connectivity index (χ4v) is 1.06. The zero-order valence-electron chi connectivity index (χ0n) is 12.7. The molecule has 0 aromatic heterocycles. The molecule has 0 atom stereocenters. The Morgan fingerprint density at radius 3 is 2.00 bits per heavy atom. The number of carboxylic acids is 1. The Balaban J connectivity index is -0.000000506. The Labute approximate surface area is 113 Å². The van der Waals surface area contributed by atoms with Gasteiger partial charge < -0.3 is 5.11 Å². The molecule has 0 fully saturated rings. The number of allylic oxidation sites excluding steroid dienone is 5.